The molecular formula is C27H28O3. The molecule has 154 valence electrons. The van der Waals surface area contributed by atoms with Gasteiger partial charge in [0.05, 0.1) is 21.3 Å². The molecule has 0 heterocycles. The number of aryl methyl sites for hydroxylation is 1. The van der Waals surface area contributed by atoms with Crippen molar-refractivity contribution in [1.29, 1.82) is 0 Å². The Balaban J connectivity index is 1.56. The summed E-state index contributed by atoms with van der Waals surface area (Å²) in [6, 6.07) is 19.7. The Morgan fingerprint density at radius 3 is 2.10 bits per heavy atom. The van der Waals surface area contributed by atoms with Crippen LogP contribution in [0.25, 0.3) is 5.57 Å². The van der Waals surface area contributed by atoms with Crippen LogP contribution in [0.2, 0.25) is 0 Å². The Bertz CT molecular complexity index is 1070. The molecule has 0 N–H and O–H groups in total. The molecule has 3 heteroatoms. The molecule has 30 heavy (non-hydrogen) atoms. The van der Waals surface area contributed by atoms with E-state index in [1.807, 2.05) is 12.1 Å². The third-order valence-corrected chi connectivity index (χ3v) is 5.70. The van der Waals surface area contributed by atoms with Gasteiger partial charge in [0.25, 0.3) is 0 Å². The van der Waals surface area contributed by atoms with Gasteiger partial charge in [0.1, 0.15) is 0 Å². The van der Waals surface area contributed by atoms with E-state index in [0.29, 0.717) is 17.2 Å². The third-order valence-electron chi connectivity index (χ3n) is 5.70. The van der Waals surface area contributed by atoms with E-state index in [4.69, 9.17) is 14.2 Å². The molecule has 0 saturated heterocycles. The molecule has 3 aromatic carbocycles. The van der Waals surface area contributed by atoms with Crippen LogP contribution in [0.15, 0.2) is 60.7 Å². The normalized spacial score (nSPS) is 12.3. The van der Waals surface area contributed by atoms with Crippen molar-refractivity contribution in [2.24, 2.45) is 0 Å². The molecule has 1 aliphatic rings. The number of allylic oxidation sites excluding steroid dienone is 2. The van der Waals surface area contributed by atoms with E-state index < -0.39 is 0 Å². The van der Waals surface area contributed by atoms with Crippen molar-refractivity contribution in [3.8, 4) is 17.2 Å². The van der Waals surface area contributed by atoms with Crippen molar-refractivity contribution in [1.82, 2.24) is 0 Å². The SMILES string of the molecule is COc1cc(Cc2cccc(CC3=CCc4ccc(C)cc43)c2)cc(OC)c1OC. The van der Waals surface area contributed by atoms with Crippen LogP contribution in [0.3, 0.4) is 0 Å². The summed E-state index contributed by atoms with van der Waals surface area (Å²) < 4.78 is 16.4. The molecule has 4 rings (SSSR count). The molecule has 0 aliphatic heterocycles. The van der Waals surface area contributed by atoms with E-state index in [1.54, 1.807) is 21.3 Å². The first-order valence-corrected chi connectivity index (χ1v) is 10.3. The van der Waals surface area contributed by atoms with E-state index >= 15 is 0 Å². The first kappa shape index (κ1) is 20.1. The fourth-order valence-electron chi connectivity index (χ4n) is 4.22. The van der Waals surface area contributed by atoms with Gasteiger partial charge in [-0.25, -0.2) is 0 Å². The number of hydrogen-bond acceptors (Lipinski definition) is 3. The number of hydrogen-bond donors (Lipinski definition) is 0. The van der Waals surface area contributed by atoms with Crippen molar-refractivity contribution >= 4 is 5.57 Å². The van der Waals surface area contributed by atoms with Gasteiger partial charge in [-0.2, -0.15) is 0 Å². The zero-order chi connectivity index (χ0) is 21.1. The Hall–Kier alpha value is -3.20. The number of fused-ring (bicyclic) bond motifs is 1. The molecule has 3 nitrogen and oxygen atoms in total. The highest BCUT2D eigenvalue weighted by molar-refractivity contribution is 5.75. The fourth-order valence-corrected chi connectivity index (χ4v) is 4.22. The standard InChI is InChI=1S/C27H28O3/c1-18-8-9-22-10-11-23(24(22)12-18)15-20-7-5-6-19(13-20)14-21-16-25(28-2)27(30-4)26(17-21)29-3/h5-9,11-13,16-17H,10,14-15H2,1-4H3. The van der Waals surface area contributed by atoms with Crippen LogP contribution in [0.1, 0.15) is 33.4 Å². The Morgan fingerprint density at radius 1 is 0.733 bits per heavy atom. The first-order chi connectivity index (χ1) is 14.6. The average molecular weight is 401 g/mol. The van der Waals surface area contributed by atoms with Gasteiger partial charge in [0, 0.05) is 0 Å². The molecule has 0 atom stereocenters. The van der Waals surface area contributed by atoms with Gasteiger partial charge in [0.2, 0.25) is 5.75 Å². The smallest absolute Gasteiger partial charge is 0.203 e. The number of methoxy groups -OCH3 is 3. The lowest BCUT2D eigenvalue weighted by Crippen LogP contribution is -1.98. The summed E-state index contributed by atoms with van der Waals surface area (Å²) in [4.78, 5) is 0. The summed E-state index contributed by atoms with van der Waals surface area (Å²) in [6.07, 6.45) is 5.17. The van der Waals surface area contributed by atoms with Crippen LogP contribution < -0.4 is 14.2 Å². The number of rotatable bonds is 7. The maximum absolute atomic E-state index is 5.50. The van der Waals surface area contributed by atoms with Crippen molar-refractivity contribution in [3.05, 3.63) is 94.1 Å². The van der Waals surface area contributed by atoms with Gasteiger partial charge in [0.15, 0.2) is 11.5 Å². The van der Waals surface area contributed by atoms with Gasteiger partial charge in [-0.05, 0) is 71.7 Å². The lowest BCUT2D eigenvalue weighted by molar-refractivity contribution is 0.324. The summed E-state index contributed by atoms with van der Waals surface area (Å²) >= 11 is 0. The average Bonchev–Trinajstić information content (AvgIpc) is 3.15. The second-order valence-electron chi connectivity index (χ2n) is 7.80. The molecule has 0 fully saturated rings. The summed E-state index contributed by atoms with van der Waals surface area (Å²) in [5.41, 5.74) is 9.32. The maximum atomic E-state index is 5.50. The molecule has 1 aliphatic carbocycles. The van der Waals surface area contributed by atoms with E-state index in [0.717, 1.165) is 24.8 Å². The van der Waals surface area contributed by atoms with Crippen LogP contribution in [0.4, 0.5) is 0 Å². The van der Waals surface area contributed by atoms with Gasteiger partial charge >= 0.3 is 0 Å². The quantitative estimate of drug-likeness (QED) is 0.502. The lowest BCUT2D eigenvalue weighted by Gasteiger charge is -2.14. The summed E-state index contributed by atoms with van der Waals surface area (Å²) in [5, 5.41) is 0. The zero-order valence-electron chi connectivity index (χ0n) is 18.1. The highest BCUT2D eigenvalue weighted by Gasteiger charge is 2.16. The second-order valence-corrected chi connectivity index (χ2v) is 7.80. The monoisotopic (exact) mass is 400 g/mol. The fraction of sp³-hybridized carbons (Fsp3) is 0.259. The van der Waals surface area contributed by atoms with Crippen LogP contribution in [0.5, 0.6) is 17.2 Å². The van der Waals surface area contributed by atoms with E-state index in [1.165, 1.54) is 33.4 Å². The molecule has 0 saturated carbocycles. The van der Waals surface area contributed by atoms with Crippen LogP contribution >= 0.6 is 0 Å². The van der Waals surface area contributed by atoms with Crippen molar-refractivity contribution in [2.75, 3.05) is 21.3 Å². The zero-order valence-corrected chi connectivity index (χ0v) is 18.1. The molecule has 0 spiro atoms. The predicted molar refractivity (Wildman–Crippen MR) is 122 cm³/mol. The molecule has 3 aromatic rings. The largest absolute Gasteiger partial charge is 0.493 e. The molecule has 0 radical (unpaired) electrons. The molecule has 0 aromatic heterocycles. The Labute approximate surface area is 178 Å². The number of benzene rings is 3. The van der Waals surface area contributed by atoms with Gasteiger partial charge in [-0.1, -0.05) is 54.1 Å². The highest BCUT2D eigenvalue weighted by Crippen LogP contribution is 2.39. The minimum absolute atomic E-state index is 0.625. The van der Waals surface area contributed by atoms with Crippen LogP contribution in [-0.4, -0.2) is 21.3 Å². The van der Waals surface area contributed by atoms with E-state index in [2.05, 4.69) is 55.5 Å². The van der Waals surface area contributed by atoms with Crippen LogP contribution in [-0.2, 0) is 19.3 Å². The highest BCUT2D eigenvalue weighted by atomic mass is 16.5. The summed E-state index contributed by atoms with van der Waals surface area (Å²) in [5.74, 6) is 2.00. The molecule has 0 bridgehead atoms. The topological polar surface area (TPSA) is 27.7 Å². The van der Waals surface area contributed by atoms with Crippen molar-refractivity contribution in [2.45, 2.75) is 26.2 Å². The molecular weight excluding hydrogens is 372 g/mol. The summed E-state index contributed by atoms with van der Waals surface area (Å²) in [6.45, 7) is 2.16. The van der Waals surface area contributed by atoms with Gasteiger partial charge < -0.3 is 14.2 Å². The first-order valence-electron chi connectivity index (χ1n) is 10.3. The van der Waals surface area contributed by atoms with E-state index in [-0.39, 0.29) is 0 Å². The molecule has 0 unspecified atom stereocenters. The third kappa shape index (κ3) is 4.06. The van der Waals surface area contributed by atoms with Gasteiger partial charge in [-0.15, -0.1) is 0 Å². The predicted octanol–water partition coefficient (Wildman–Crippen LogP) is 5.79. The van der Waals surface area contributed by atoms with E-state index in [9.17, 15) is 0 Å². The Morgan fingerprint density at radius 2 is 1.43 bits per heavy atom. The minimum Gasteiger partial charge on any atom is -0.493 e. The second kappa shape index (κ2) is 8.66. The van der Waals surface area contributed by atoms with Crippen molar-refractivity contribution in [3.63, 3.8) is 0 Å². The van der Waals surface area contributed by atoms with Crippen LogP contribution in [0, 0.1) is 6.92 Å². The Kier molecular flexibility index (Phi) is 5.80. The van der Waals surface area contributed by atoms with Gasteiger partial charge in [-0.3, -0.25) is 0 Å². The minimum atomic E-state index is 0.625. The maximum Gasteiger partial charge on any atom is 0.203 e. The van der Waals surface area contributed by atoms with Crippen molar-refractivity contribution < 1.29 is 14.2 Å². The summed E-state index contributed by atoms with van der Waals surface area (Å²) in [7, 11) is 4.92. The lowest BCUT2D eigenvalue weighted by atomic mass is 9.95. The number of ether oxygens (including phenoxy) is 3. The molecule has 0 amide bonds.